The number of phenolic OH excluding ortho intramolecular Hbond substituents is 1. The summed E-state index contributed by atoms with van der Waals surface area (Å²) >= 11 is 0. The highest BCUT2D eigenvalue weighted by Gasteiger charge is 2.35. The molecule has 1 aromatic rings. The lowest BCUT2D eigenvalue weighted by Crippen LogP contribution is -2.38. The quantitative estimate of drug-likeness (QED) is 0.449. The Kier molecular flexibility index (Phi) is 3.64. The molecule has 3 rings (SSSR count). The number of hydrogen-bond donors (Lipinski definition) is 3. The predicted molar refractivity (Wildman–Crippen MR) is 78.6 cm³/mol. The number of amides is 2. The molecule has 1 saturated carbocycles. The van der Waals surface area contributed by atoms with E-state index in [4.69, 9.17) is 0 Å². The Morgan fingerprint density at radius 2 is 1.95 bits per heavy atom. The van der Waals surface area contributed by atoms with Crippen LogP contribution in [0.2, 0.25) is 0 Å². The molecule has 1 aromatic carbocycles. The molecule has 0 radical (unpaired) electrons. The van der Waals surface area contributed by atoms with Crippen LogP contribution in [0.15, 0.2) is 36.4 Å². The van der Waals surface area contributed by atoms with E-state index in [0.29, 0.717) is 24.3 Å². The van der Waals surface area contributed by atoms with Gasteiger partial charge in [0.15, 0.2) is 0 Å². The second kappa shape index (κ2) is 5.60. The average molecular weight is 286 g/mol. The molecule has 0 heterocycles. The zero-order chi connectivity index (χ0) is 14.8. The first kappa shape index (κ1) is 13.7. The number of benzene rings is 1. The summed E-state index contributed by atoms with van der Waals surface area (Å²) in [7, 11) is 0. The Balaban J connectivity index is 1.50. The molecule has 21 heavy (non-hydrogen) atoms. The van der Waals surface area contributed by atoms with E-state index in [1.54, 1.807) is 18.2 Å². The van der Waals surface area contributed by atoms with Crippen molar-refractivity contribution in [2.45, 2.75) is 12.8 Å². The van der Waals surface area contributed by atoms with Crippen LogP contribution in [0.4, 0.5) is 5.69 Å². The number of para-hydroxylation sites is 2. The minimum atomic E-state index is -0.754. The summed E-state index contributed by atoms with van der Waals surface area (Å²) in [5, 5.41) is 14.6. The Morgan fingerprint density at radius 3 is 2.62 bits per heavy atom. The molecule has 2 bridgehead atoms. The second-order valence-corrected chi connectivity index (χ2v) is 5.72. The van der Waals surface area contributed by atoms with Crippen LogP contribution in [-0.2, 0) is 9.59 Å². The minimum Gasteiger partial charge on any atom is -0.506 e. The zero-order valence-electron chi connectivity index (χ0n) is 11.6. The monoisotopic (exact) mass is 286 g/mol. The highest BCUT2D eigenvalue weighted by molar-refractivity contribution is 6.39. The topological polar surface area (TPSA) is 78.4 Å². The maximum Gasteiger partial charge on any atom is 0.313 e. The molecule has 0 saturated heterocycles. The summed E-state index contributed by atoms with van der Waals surface area (Å²) in [5.74, 6) is 0.141. The summed E-state index contributed by atoms with van der Waals surface area (Å²) < 4.78 is 0. The van der Waals surface area contributed by atoms with E-state index in [2.05, 4.69) is 22.8 Å². The van der Waals surface area contributed by atoms with E-state index in [-0.39, 0.29) is 11.4 Å². The number of carbonyl (C=O) groups is 2. The molecule has 0 unspecified atom stereocenters. The SMILES string of the molecule is O=C(NC[C@H]1C[C@@H]2C=C[C@H]1C2)C(=O)Nc1ccccc1O. The van der Waals surface area contributed by atoms with Gasteiger partial charge in [0.05, 0.1) is 5.69 Å². The first-order chi connectivity index (χ1) is 10.1. The fourth-order valence-corrected chi connectivity index (χ4v) is 3.19. The Bertz CT molecular complexity index is 597. The van der Waals surface area contributed by atoms with Gasteiger partial charge in [0.1, 0.15) is 5.75 Å². The van der Waals surface area contributed by atoms with E-state index in [1.165, 1.54) is 12.5 Å². The molecular weight excluding hydrogens is 268 g/mol. The smallest absolute Gasteiger partial charge is 0.313 e. The number of allylic oxidation sites excluding steroid dienone is 2. The lowest BCUT2D eigenvalue weighted by atomic mass is 9.94. The van der Waals surface area contributed by atoms with E-state index in [9.17, 15) is 14.7 Å². The van der Waals surface area contributed by atoms with Crippen LogP contribution < -0.4 is 10.6 Å². The van der Waals surface area contributed by atoms with Crippen molar-refractivity contribution in [3.8, 4) is 5.75 Å². The number of fused-ring (bicyclic) bond motifs is 2. The van der Waals surface area contributed by atoms with Crippen molar-refractivity contribution in [1.82, 2.24) is 5.32 Å². The third-order valence-electron chi connectivity index (χ3n) is 4.30. The largest absolute Gasteiger partial charge is 0.506 e. The number of aromatic hydroxyl groups is 1. The first-order valence-electron chi connectivity index (χ1n) is 7.19. The lowest BCUT2D eigenvalue weighted by molar-refractivity contribution is -0.136. The van der Waals surface area contributed by atoms with E-state index in [1.807, 2.05) is 0 Å². The molecule has 0 aliphatic heterocycles. The third kappa shape index (κ3) is 2.91. The summed E-state index contributed by atoms with van der Waals surface area (Å²) in [4.78, 5) is 23.6. The van der Waals surface area contributed by atoms with Crippen LogP contribution in [0.5, 0.6) is 5.75 Å². The van der Waals surface area contributed by atoms with E-state index < -0.39 is 11.8 Å². The van der Waals surface area contributed by atoms with E-state index in [0.717, 1.165) is 6.42 Å². The van der Waals surface area contributed by atoms with Crippen molar-refractivity contribution in [2.24, 2.45) is 17.8 Å². The Morgan fingerprint density at radius 1 is 1.14 bits per heavy atom. The second-order valence-electron chi connectivity index (χ2n) is 5.72. The molecule has 0 aromatic heterocycles. The Labute approximate surface area is 123 Å². The van der Waals surface area contributed by atoms with Crippen LogP contribution in [0.1, 0.15) is 12.8 Å². The summed E-state index contributed by atoms with van der Waals surface area (Å²) in [5.41, 5.74) is 0.237. The lowest BCUT2D eigenvalue weighted by Gasteiger charge is -2.18. The van der Waals surface area contributed by atoms with Crippen LogP contribution in [0, 0.1) is 17.8 Å². The average Bonchev–Trinajstić information content (AvgIpc) is 3.09. The molecule has 2 amide bonds. The van der Waals surface area contributed by atoms with Gasteiger partial charge < -0.3 is 15.7 Å². The molecule has 3 N–H and O–H groups in total. The molecule has 3 atom stereocenters. The van der Waals surface area contributed by atoms with Gasteiger partial charge in [0.25, 0.3) is 0 Å². The molecule has 2 aliphatic carbocycles. The van der Waals surface area contributed by atoms with Crippen LogP contribution >= 0.6 is 0 Å². The van der Waals surface area contributed by atoms with Gasteiger partial charge in [-0.25, -0.2) is 0 Å². The summed E-state index contributed by atoms with van der Waals surface area (Å²) in [6.07, 6.45) is 6.72. The fraction of sp³-hybridized carbons (Fsp3) is 0.375. The van der Waals surface area contributed by atoms with Gasteiger partial charge in [0.2, 0.25) is 0 Å². The number of rotatable bonds is 3. The van der Waals surface area contributed by atoms with Crippen molar-refractivity contribution in [3.05, 3.63) is 36.4 Å². The third-order valence-corrected chi connectivity index (χ3v) is 4.30. The van der Waals surface area contributed by atoms with Gasteiger partial charge in [0, 0.05) is 6.54 Å². The van der Waals surface area contributed by atoms with Gasteiger partial charge in [-0.2, -0.15) is 0 Å². The Hall–Kier alpha value is -2.30. The summed E-state index contributed by atoms with van der Waals surface area (Å²) in [6, 6.07) is 6.32. The maximum absolute atomic E-state index is 11.8. The number of carbonyl (C=O) groups excluding carboxylic acids is 2. The summed E-state index contributed by atoms with van der Waals surface area (Å²) in [6.45, 7) is 0.526. The van der Waals surface area contributed by atoms with E-state index >= 15 is 0 Å². The van der Waals surface area contributed by atoms with Gasteiger partial charge in [-0.05, 0) is 42.7 Å². The highest BCUT2D eigenvalue weighted by atomic mass is 16.3. The fourth-order valence-electron chi connectivity index (χ4n) is 3.19. The van der Waals surface area contributed by atoms with Crippen LogP contribution in [-0.4, -0.2) is 23.5 Å². The van der Waals surface area contributed by atoms with Gasteiger partial charge in [-0.1, -0.05) is 24.3 Å². The van der Waals surface area contributed by atoms with Crippen molar-refractivity contribution in [3.63, 3.8) is 0 Å². The highest BCUT2D eigenvalue weighted by Crippen LogP contribution is 2.42. The standard InChI is InChI=1S/C16H18N2O3/c19-14-4-2-1-3-13(14)18-16(21)15(20)17-9-12-8-10-5-6-11(12)7-10/h1-6,10-12,19H,7-9H2,(H,17,20)(H,18,21)/t10-,11+,12-/m1/s1. The predicted octanol–water partition coefficient (Wildman–Crippen LogP) is 1.66. The van der Waals surface area contributed by atoms with Gasteiger partial charge in [-0.3, -0.25) is 9.59 Å². The number of anilines is 1. The van der Waals surface area contributed by atoms with Crippen molar-refractivity contribution in [2.75, 3.05) is 11.9 Å². The van der Waals surface area contributed by atoms with Crippen molar-refractivity contribution < 1.29 is 14.7 Å². The molecule has 0 spiro atoms. The molecule has 110 valence electrons. The van der Waals surface area contributed by atoms with Crippen LogP contribution in [0.25, 0.3) is 0 Å². The number of phenols is 1. The van der Waals surface area contributed by atoms with Crippen molar-refractivity contribution in [1.29, 1.82) is 0 Å². The molecular formula is C16H18N2O3. The van der Waals surface area contributed by atoms with Gasteiger partial charge >= 0.3 is 11.8 Å². The normalized spacial score (nSPS) is 25.8. The molecule has 5 heteroatoms. The minimum absolute atomic E-state index is 0.0584. The van der Waals surface area contributed by atoms with Crippen LogP contribution in [0.3, 0.4) is 0 Å². The molecule has 1 fully saturated rings. The number of nitrogens with one attached hydrogen (secondary N) is 2. The zero-order valence-corrected chi connectivity index (χ0v) is 11.6. The number of hydrogen-bond acceptors (Lipinski definition) is 3. The maximum atomic E-state index is 11.8. The molecule has 5 nitrogen and oxygen atoms in total. The van der Waals surface area contributed by atoms with Crippen molar-refractivity contribution >= 4 is 17.5 Å². The molecule has 2 aliphatic rings. The first-order valence-corrected chi connectivity index (χ1v) is 7.19. The van der Waals surface area contributed by atoms with Gasteiger partial charge in [-0.15, -0.1) is 0 Å².